The second kappa shape index (κ2) is 12.2. The van der Waals surface area contributed by atoms with Gasteiger partial charge in [0.25, 0.3) is 0 Å². The Bertz CT molecular complexity index is 862. The molecule has 0 bridgehead atoms. The van der Waals surface area contributed by atoms with Crippen molar-refractivity contribution in [1.29, 1.82) is 0 Å². The molecule has 0 radical (unpaired) electrons. The minimum atomic E-state index is -2.74. The first-order valence-corrected chi connectivity index (χ1v) is 12.3. The molecule has 0 unspecified atom stereocenters. The molecule has 4 N–H and O–H groups in total. The summed E-state index contributed by atoms with van der Waals surface area (Å²) in [5.41, 5.74) is -0.866. The molecule has 1 aliphatic carbocycles. The van der Waals surface area contributed by atoms with E-state index in [9.17, 15) is 14.4 Å². The lowest BCUT2D eigenvalue weighted by Crippen LogP contribution is -2.47. The lowest BCUT2D eigenvalue weighted by Gasteiger charge is -2.39. The topological polar surface area (TPSA) is 139 Å². The molecule has 1 aromatic carbocycles. The van der Waals surface area contributed by atoms with E-state index in [-0.39, 0.29) is 0 Å². The van der Waals surface area contributed by atoms with E-state index in [1.165, 1.54) is 50.9 Å². The van der Waals surface area contributed by atoms with E-state index in [2.05, 4.69) is 42.8 Å². The van der Waals surface area contributed by atoms with Gasteiger partial charge in [0, 0.05) is 29.1 Å². The monoisotopic (exact) mass is 512 g/mol. The summed E-state index contributed by atoms with van der Waals surface area (Å²) < 4.78 is 0. The summed E-state index contributed by atoms with van der Waals surface area (Å²) in [6.45, 7) is 8.32. The highest BCUT2D eigenvalue weighted by molar-refractivity contribution is 6.30. The van der Waals surface area contributed by atoms with Crippen molar-refractivity contribution in [2.24, 2.45) is 0 Å². The fraction of sp³-hybridized carbons (Fsp3) is 0.640. The third-order valence-electron chi connectivity index (χ3n) is 7.00. The number of carboxylic acids is 3. The van der Waals surface area contributed by atoms with Crippen LogP contribution < -0.4 is 0 Å². The van der Waals surface area contributed by atoms with E-state index in [4.69, 9.17) is 32.0 Å². The van der Waals surface area contributed by atoms with Gasteiger partial charge in [-0.3, -0.25) is 9.59 Å². The Morgan fingerprint density at radius 3 is 1.91 bits per heavy atom. The van der Waals surface area contributed by atoms with E-state index in [1.807, 2.05) is 12.1 Å². The number of likely N-dealkylation sites (N-methyl/N-ethyl adjacent to an activating group) is 1. The van der Waals surface area contributed by atoms with Crippen LogP contribution in [0.2, 0.25) is 5.02 Å². The smallest absolute Gasteiger partial charge is 0.336 e. The molecule has 1 aliphatic heterocycles. The van der Waals surface area contributed by atoms with Crippen LogP contribution >= 0.6 is 11.6 Å². The second-order valence-corrected chi connectivity index (χ2v) is 10.5. The fourth-order valence-corrected chi connectivity index (χ4v) is 4.78. The predicted octanol–water partition coefficient (Wildman–Crippen LogP) is 2.93. The highest BCUT2D eigenvalue weighted by atomic mass is 35.5. The molecule has 1 aromatic rings. The summed E-state index contributed by atoms with van der Waals surface area (Å²) in [4.78, 5) is 35.7. The van der Waals surface area contributed by atoms with E-state index in [0.29, 0.717) is 11.5 Å². The number of carbonyl (C=O) groups is 3. The third kappa shape index (κ3) is 8.45. The van der Waals surface area contributed by atoms with Crippen molar-refractivity contribution in [3.63, 3.8) is 0 Å². The van der Waals surface area contributed by atoms with Crippen molar-refractivity contribution in [3.8, 4) is 0 Å². The molecule has 0 aromatic heterocycles. The molecular formula is C25H37ClN2O7. The number of hydrogen-bond acceptors (Lipinski definition) is 6. The van der Waals surface area contributed by atoms with Gasteiger partial charge < -0.3 is 30.2 Å². The molecule has 0 amide bonds. The van der Waals surface area contributed by atoms with Crippen LogP contribution in [-0.2, 0) is 19.8 Å². The molecule has 0 spiro atoms. The van der Waals surface area contributed by atoms with E-state index >= 15 is 0 Å². The second-order valence-electron chi connectivity index (χ2n) is 10.0. The normalized spacial score (nSPS) is 18.1. The van der Waals surface area contributed by atoms with Gasteiger partial charge in [-0.25, -0.2) is 4.79 Å². The summed E-state index contributed by atoms with van der Waals surface area (Å²) in [6, 6.07) is 9.97. The number of benzene rings is 1. The lowest BCUT2D eigenvalue weighted by molar-refractivity contribution is -0.170. The van der Waals surface area contributed by atoms with Crippen molar-refractivity contribution in [2.45, 2.75) is 75.5 Å². The van der Waals surface area contributed by atoms with Gasteiger partial charge in [-0.15, -0.1) is 0 Å². The molecule has 1 heterocycles. The summed E-state index contributed by atoms with van der Waals surface area (Å²) in [5, 5.41) is 34.7. The Hall–Kier alpha value is -2.20. The van der Waals surface area contributed by atoms with E-state index in [0.717, 1.165) is 11.1 Å². The van der Waals surface area contributed by atoms with Crippen LogP contribution in [0.5, 0.6) is 0 Å². The third-order valence-corrected chi connectivity index (χ3v) is 7.25. The van der Waals surface area contributed by atoms with Gasteiger partial charge in [0.2, 0.25) is 0 Å². The van der Waals surface area contributed by atoms with Crippen molar-refractivity contribution >= 4 is 29.5 Å². The molecule has 196 valence electrons. The minimum absolute atomic E-state index is 0.397. The number of piperidine rings is 1. The van der Waals surface area contributed by atoms with Crippen molar-refractivity contribution in [1.82, 2.24) is 9.80 Å². The Morgan fingerprint density at radius 2 is 1.54 bits per heavy atom. The number of halogens is 1. The highest BCUT2D eigenvalue weighted by Gasteiger charge is 2.45. The molecule has 3 rings (SSSR count). The van der Waals surface area contributed by atoms with Crippen LogP contribution in [0.1, 0.15) is 57.9 Å². The van der Waals surface area contributed by atoms with Gasteiger partial charge in [0.1, 0.15) is 0 Å². The zero-order valence-electron chi connectivity index (χ0n) is 20.6. The molecule has 9 nitrogen and oxygen atoms in total. The average Bonchev–Trinajstić information content (AvgIpc) is 3.54. The van der Waals surface area contributed by atoms with Crippen LogP contribution in [0, 0.1) is 0 Å². The van der Waals surface area contributed by atoms with Crippen molar-refractivity contribution in [2.75, 3.05) is 26.7 Å². The molecule has 1 saturated heterocycles. The van der Waals surface area contributed by atoms with E-state index in [1.54, 1.807) is 0 Å². The first kappa shape index (κ1) is 29.0. The fourth-order valence-electron chi connectivity index (χ4n) is 4.66. The van der Waals surface area contributed by atoms with Gasteiger partial charge >= 0.3 is 17.9 Å². The number of aliphatic carboxylic acids is 3. The lowest BCUT2D eigenvalue weighted by atomic mass is 9.93. The van der Waals surface area contributed by atoms with Crippen LogP contribution in [0.4, 0.5) is 0 Å². The van der Waals surface area contributed by atoms with Crippen LogP contribution in [0.15, 0.2) is 24.3 Å². The quantitative estimate of drug-likeness (QED) is 0.372. The van der Waals surface area contributed by atoms with Gasteiger partial charge in [-0.2, -0.15) is 0 Å². The number of rotatable bonds is 10. The SMILES string of the molecule is CC(C)N1CCC(N(C)CC2(c3ccc(Cl)cc3)CC2)CC1.O=C(O)CC(O)(CC(=O)O)C(=O)O. The molecule has 10 heteroatoms. The first-order valence-electron chi connectivity index (χ1n) is 11.9. The van der Waals surface area contributed by atoms with Gasteiger partial charge in [-0.05, 0) is 77.4 Å². The van der Waals surface area contributed by atoms with Gasteiger partial charge in [0.15, 0.2) is 5.60 Å². The maximum absolute atomic E-state index is 10.3. The van der Waals surface area contributed by atoms with Crippen LogP contribution in [0.25, 0.3) is 0 Å². The number of aliphatic hydroxyl groups is 1. The van der Waals surface area contributed by atoms with Crippen LogP contribution in [0.3, 0.4) is 0 Å². The summed E-state index contributed by atoms with van der Waals surface area (Å²) in [7, 11) is 2.33. The number of nitrogens with zero attached hydrogens (tertiary/aromatic N) is 2. The Kier molecular flexibility index (Phi) is 10.1. The van der Waals surface area contributed by atoms with E-state index < -0.39 is 36.4 Å². The standard InChI is InChI=1S/C19H29ClN2.C6H8O7/c1-15(2)22-12-8-18(9-13-22)21(3)14-19(10-11-19)16-4-6-17(20)7-5-16;7-3(8)1-6(13,5(11)12)2-4(9)10/h4-7,15,18H,8-14H2,1-3H3;13H,1-2H2,(H,7,8)(H,9,10)(H,11,12). The molecular weight excluding hydrogens is 476 g/mol. The van der Waals surface area contributed by atoms with Gasteiger partial charge in [0.05, 0.1) is 12.8 Å². The Balaban J connectivity index is 0.000000287. The van der Waals surface area contributed by atoms with Crippen molar-refractivity contribution < 1.29 is 34.8 Å². The zero-order chi connectivity index (χ0) is 26.4. The number of carboxylic acid groups (broad SMARTS) is 3. The summed E-state index contributed by atoms with van der Waals surface area (Å²) in [6.07, 6.45) is 2.98. The van der Waals surface area contributed by atoms with Crippen molar-refractivity contribution in [3.05, 3.63) is 34.9 Å². The predicted molar refractivity (Wildman–Crippen MR) is 132 cm³/mol. The average molecular weight is 513 g/mol. The van der Waals surface area contributed by atoms with Crippen LogP contribution in [-0.4, -0.2) is 92.5 Å². The molecule has 0 atom stereocenters. The molecule has 2 aliphatic rings. The Labute approximate surface area is 211 Å². The number of hydrogen-bond donors (Lipinski definition) is 4. The first-order chi connectivity index (χ1) is 16.3. The number of likely N-dealkylation sites (tertiary alicyclic amines) is 1. The summed E-state index contributed by atoms with van der Waals surface area (Å²) in [5.74, 6) is -5.02. The maximum Gasteiger partial charge on any atom is 0.336 e. The van der Waals surface area contributed by atoms with Gasteiger partial charge in [-0.1, -0.05) is 23.7 Å². The zero-order valence-corrected chi connectivity index (χ0v) is 21.4. The highest BCUT2D eigenvalue weighted by Crippen LogP contribution is 2.49. The molecule has 2 fully saturated rings. The molecule has 1 saturated carbocycles. The summed E-state index contributed by atoms with van der Waals surface area (Å²) >= 11 is 6.03. The Morgan fingerprint density at radius 1 is 1.06 bits per heavy atom. The largest absolute Gasteiger partial charge is 0.481 e. The minimum Gasteiger partial charge on any atom is -0.481 e. The molecule has 35 heavy (non-hydrogen) atoms. The maximum atomic E-state index is 10.3.